The first-order valence-electron chi connectivity index (χ1n) is 11.2. The Morgan fingerprint density at radius 1 is 0.618 bits per heavy atom. The average molecular weight is 446 g/mol. The second-order valence-electron chi connectivity index (χ2n) is 8.50. The van der Waals surface area contributed by atoms with E-state index in [9.17, 15) is 4.79 Å². The molecule has 1 N–H and O–H groups in total. The fourth-order valence-electron chi connectivity index (χ4n) is 5.38. The highest BCUT2D eigenvalue weighted by Gasteiger charge is 2.53. The van der Waals surface area contributed by atoms with Crippen molar-refractivity contribution in [2.75, 3.05) is 14.2 Å². The summed E-state index contributed by atoms with van der Waals surface area (Å²) in [4.78, 5) is 13.3. The summed E-state index contributed by atoms with van der Waals surface area (Å²) in [6, 6.07) is 32.4. The number of ether oxygens (including phenoxy) is 2. The van der Waals surface area contributed by atoms with Gasteiger partial charge in [0.05, 0.1) is 14.2 Å². The van der Waals surface area contributed by atoms with Crippen LogP contribution in [0.25, 0.3) is 11.1 Å². The molecular formula is C30H23NO3. The number of carbonyl (C=O) groups is 1. The lowest BCUT2D eigenvalue weighted by Gasteiger charge is -2.31. The van der Waals surface area contributed by atoms with Crippen molar-refractivity contribution < 1.29 is 14.3 Å². The summed E-state index contributed by atoms with van der Waals surface area (Å²) in [5, 5.41) is 3.40. The molecule has 1 unspecified atom stereocenters. The lowest BCUT2D eigenvalue weighted by Crippen LogP contribution is -2.40. The molecule has 0 radical (unpaired) electrons. The molecule has 0 bridgehead atoms. The standard InChI is InChI=1S/C30H23NO3/c1-33-21-15-11-19(12-16-21)27-23-7-3-5-9-25(23)30(26-10-6-4-8-24(26)29(32)31-30)28(27)20-13-17-22(34-2)18-14-20/h3-18H,1-2H3,(H,31,32). The van der Waals surface area contributed by atoms with Gasteiger partial charge in [-0.2, -0.15) is 0 Å². The number of hydrogen-bond donors (Lipinski definition) is 1. The maximum absolute atomic E-state index is 13.3. The van der Waals surface area contributed by atoms with Gasteiger partial charge >= 0.3 is 0 Å². The van der Waals surface area contributed by atoms with E-state index in [1.165, 1.54) is 0 Å². The van der Waals surface area contributed by atoms with Gasteiger partial charge in [0.1, 0.15) is 17.0 Å². The molecule has 2 aliphatic rings. The summed E-state index contributed by atoms with van der Waals surface area (Å²) in [5.74, 6) is 1.53. The van der Waals surface area contributed by atoms with E-state index in [2.05, 4.69) is 53.8 Å². The summed E-state index contributed by atoms with van der Waals surface area (Å²) in [6.07, 6.45) is 0. The molecule has 0 fully saturated rings. The molecule has 1 amide bonds. The predicted molar refractivity (Wildman–Crippen MR) is 133 cm³/mol. The van der Waals surface area contributed by atoms with Crippen molar-refractivity contribution >= 4 is 17.1 Å². The third-order valence-corrected chi connectivity index (χ3v) is 6.86. The predicted octanol–water partition coefficient (Wildman–Crippen LogP) is 5.66. The minimum Gasteiger partial charge on any atom is -0.497 e. The van der Waals surface area contributed by atoms with E-state index in [-0.39, 0.29) is 5.91 Å². The van der Waals surface area contributed by atoms with Crippen molar-refractivity contribution in [1.82, 2.24) is 5.32 Å². The van der Waals surface area contributed by atoms with Crippen LogP contribution in [0.2, 0.25) is 0 Å². The zero-order valence-corrected chi connectivity index (χ0v) is 19.0. The lowest BCUT2D eigenvalue weighted by atomic mass is 9.77. The third-order valence-electron chi connectivity index (χ3n) is 6.86. The summed E-state index contributed by atoms with van der Waals surface area (Å²) >= 11 is 0. The molecule has 4 heteroatoms. The highest BCUT2D eigenvalue weighted by molar-refractivity contribution is 6.14. The number of nitrogens with one attached hydrogen (secondary N) is 1. The van der Waals surface area contributed by atoms with Crippen LogP contribution < -0.4 is 14.8 Å². The number of methoxy groups -OCH3 is 2. The van der Waals surface area contributed by atoms with Gasteiger partial charge in [-0.25, -0.2) is 0 Å². The van der Waals surface area contributed by atoms with Crippen LogP contribution in [-0.2, 0) is 5.54 Å². The maximum Gasteiger partial charge on any atom is 0.252 e. The number of rotatable bonds is 4. The Bertz CT molecular complexity index is 1450. The molecule has 34 heavy (non-hydrogen) atoms. The zero-order valence-electron chi connectivity index (χ0n) is 19.0. The first kappa shape index (κ1) is 20.3. The van der Waals surface area contributed by atoms with Crippen LogP contribution in [0.1, 0.15) is 38.2 Å². The highest BCUT2D eigenvalue weighted by atomic mass is 16.5. The maximum atomic E-state index is 13.3. The molecule has 4 aromatic rings. The van der Waals surface area contributed by atoms with Crippen LogP contribution in [0.15, 0.2) is 97.1 Å². The normalized spacial score (nSPS) is 18.0. The lowest BCUT2D eigenvalue weighted by molar-refractivity contribution is 0.0952. The molecule has 0 saturated heterocycles. The van der Waals surface area contributed by atoms with Crippen LogP contribution in [0, 0.1) is 0 Å². The van der Waals surface area contributed by atoms with Gasteiger partial charge in [0, 0.05) is 11.1 Å². The van der Waals surface area contributed by atoms with Gasteiger partial charge in [-0.1, -0.05) is 66.7 Å². The zero-order chi connectivity index (χ0) is 23.3. The number of hydrogen-bond acceptors (Lipinski definition) is 3. The Morgan fingerprint density at radius 3 is 1.71 bits per heavy atom. The fraction of sp³-hybridized carbons (Fsp3) is 0.100. The van der Waals surface area contributed by atoms with Crippen LogP contribution >= 0.6 is 0 Å². The van der Waals surface area contributed by atoms with E-state index in [0.29, 0.717) is 5.56 Å². The van der Waals surface area contributed by atoms with Gasteiger partial charge in [-0.3, -0.25) is 4.79 Å². The highest BCUT2D eigenvalue weighted by Crippen LogP contribution is 2.57. The fourth-order valence-corrected chi connectivity index (χ4v) is 5.38. The molecule has 4 aromatic carbocycles. The van der Waals surface area contributed by atoms with Gasteiger partial charge in [-0.15, -0.1) is 0 Å². The van der Waals surface area contributed by atoms with E-state index in [0.717, 1.165) is 50.5 Å². The summed E-state index contributed by atoms with van der Waals surface area (Å²) in [6.45, 7) is 0. The molecule has 1 aliphatic carbocycles. The van der Waals surface area contributed by atoms with Crippen LogP contribution in [-0.4, -0.2) is 20.1 Å². The third kappa shape index (κ3) is 2.75. The van der Waals surface area contributed by atoms with Crippen molar-refractivity contribution in [2.45, 2.75) is 5.54 Å². The number of fused-ring (bicyclic) bond motifs is 4. The van der Waals surface area contributed by atoms with Gasteiger partial charge in [0.25, 0.3) is 5.91 Å². The second kappa shape index (κ2) is 7.63. The monoisotopic (exact) mass is 445 g/mol. The number of carbonyl (C=O) groups excluding carboxylic acids is 1. The molecule has 1 aliphatic heterocycles. The topological polar surface area (TPSA) is 47.6 Å². The van der Waals surface area contributed by atoms with E-state index >= 15 is 0 Å². The Morgan fingerprint density at radius 2 is 1.12 bits per heavy atom. The van der Waals surface area contributed by atoms with E-state index in [1.54, 1.807) is 14.2 Å². The van der Waals surface area contributed by atoms with Crippen LogP contribution in [0.3, 0.4) is 0 Å². The number of amides is 1. The van der Waals surface area contributed by atoms with Gasteiger partial charge in [0.15, 0.2) is 0 Å². The smallest absolute Gasteiger partial charge is 0.252 e. The van der Waals surface area contributed by atoms with Crippen molar-refractivity contribution in [3.05, 3.63) is 130 Å². The number of benzene rings is 4. The summed E-state index contributed by atoms with van der Waals surface area (Å²) < 4.78 is 10.8. The van der Waals surface area contributed by atoms with Crippen LogP contribution in [0.4, 0.5) is 0 Å². The summed E-state index contributed by atoms with van der Waals surface area (Å²) in [5.41, 5.74) is 7.32. The average Bonchev–Trinajstić information content (AvgIpc) is 3.36. The van der Waals surface area contributed by atoms with Crippen molar-refractivity contribution in [3.8, 4) is 11.5 Å². The SMILES string of the molecule is COc1ccc(C2=C(c3ccc(OC)cc3)C3(NC(=O)c4ccccc43)c3ccccc32)cc1. The van der Waals surface area contributed by atoms with Crippen LogP contribution in [0.5, 0.6) is 11.5 Å². The van der Waals surface area contributed by atoms with Gasteiger partial charge < -0.3 is 14.8 Å². The molecule has 6 rings (SSSR count). The minimum absolute atomic E-state index is 0.0626. The summed E-state index contributed by atoms with van der Waals surface area (Å²) in [7, 11) is 3.33. The van der Waals surface area contributed by atoms with Crippen molar-refractivity contribution in [2.24, 2.45) is 0 Å². The van der Waals surface area contributed by atoms with E-state index in [1.807, 2.05) is 48.5 Å². The molecule has 1 heterocycles. The molecule has 0 aromatic heterocycles. The molecule has 4 nitrogen and oxygen atoms in total. The molecular weight excluding hydrogens is 422 g/mol. The molecule has 1 spiro atoms. The minimum atomic E-state index is -0.784. The first-order valence-corrected chi connectivity index (χ1v) is 11.2. The van der Waals surface area contributed by atoms with E-state index < -0.39 is 5.54 Å². The largest absolute Gasteiger partial charge is 0.497 e. The van der Waals surface area contributed by atoms with E-state index in [4.69, 9.17) is 9.47 Å². The molecule has 1 atom stereocenters. The molecule has 166 valence electrons. The van der Waals surface area contributed by atoms with Gasteiger partial charge in [0.2, 0.25) is 0 Å². The Labute approximate surface area is 198 Å². The molecule has 0 saturated carbocycles. The van der Waals surface area contributed by atoms with Gasteiger partial charge in [-0.05, 0) is 63.7 Å². The Balaban J connectivity index is 1.72. The quantitative estimate of drug-likeness (QED) is 0.441. The Hall–Kier alpha value is -4.31. The second-order valence-corrected chi connectivity index (χ2v) is 8.50. The van der Waals surface area contributed by atoms with Crippen molar-refractivity contribution in [1.29, 1.82) is 0 Å². The van der Waals surface area contributed by atoms with Crippen molar-refractivity contribution in [3.63, 3.8) is 0 Å². The Kier molecular flexibility index (Phi) is 4.56. The first-order chi connectivity index (χ1) is 16.7.